The molecule has 304 valence electrons. The van der Waals surface area contributed by atoms with Crippen LogP contribution in [0, 0.1) is 0 Å². The molecule has 0 aliphatic heterocycles. The highest BCUT2D eigenvalue weighted by atomic mass is 16.6. The Morgan fingerprint density at radius 2 is 0.741 bits per heavy atom. The minimum atomic E-state index is -0.795. The number of rotatable bonds is 37. The van der Waals surface area contributed by atoms with Gasteiger partial charge >= 0.3 is 11.9 Å². The van der Waals surface area contributed by atoms with E-state index in [-0.39, 0.29) is 25.2 Å². The first-order valence-electron chi connectivity index (χ1n) is 21.4. The average molecular weight is 747 g/mol. The predicted molar refractivity (Wildman–Crippen MR) is 232 cm³/mol. The van der Waals surface area contributed by atoms with Crippen molar-refractivity contribution in [3.8, 4) is 0 Å². The molecule has 0 saturated carbocycles. The summed E-state index contributed by atoms with van der Waals surface area (Å²) in [4.78, 5) is 24.3. The molecule has 0 amide bonds. The van der Waals surface area contributed by atoms with Crippen molar-refractivity contribution in [2.45, 2.75) is 174 Å². The van der Waals surface area contributed by atoms with Crippen LogP contribution in [0.4, 0.5) is 0 Å². The summed E-state index contributed by atoms with van der Waals surface area (Å²) in [6.45, 7) is 3.87. The lowest BCUT2D eigenvalue weighted by Crippen LogP contribution is -2.28. The summed E-state index contributed by atoms with van der Waals surface area (Å²) < 4.78 is 10.6. The van der Waals surface area contributed by atoms with Gasteiger partial charge in [-0.25, -0.2) is 0 Å². The second-order valence-corrected chi connectivity index (χ2v) is 13.7. The minimum absolute atomic E-state index is 0.0885. The first-order chi connectivity index (χ1) is 26.6. The van der Waals surface area contributed by atoms with Gasteiger partial charge in [-0.3, -0.25) is 9.59 Å². The number of aliphatic hydroxyl groups excluding tert-OH is 1. The second-order valence-electron chi connectivity index (χ2n) is 13.7. The predicted octanol–water partition coefficient (Wildman–Crippen LogP) is 13.8. The number of carbonyl (C=O) groups is 2. The molecule has 5 nitrogen and oxygen atoms in total. The number of allylic oxidation sites excluding steroid dienone is 18. The Kier molecular flexibility index (Phi) is 41.2. The summed E-state index contributed by atoms with van der Waals surface area (Å²) in [5.74, 6) is -0.639. The van der Waals surface area contributed by atoms with Crippen LogP contribution in [-0.4, -0.2) is 36.4 Å². The van der Waals surface area contributed by atoms with Gasteiger partial charge in [-0.05, 0) is 96.3 Å². The Morgan fingerprint density at radius 3 is 1.11 bits per heavy atom. The average Bonchev–Trinajstić information content (AvgIpc) is 3.17. The zero-order valence-electron chi connectivity index (χ0n) is 34.4. The topological polar surface area (TPSA) is 72.8 Å². The maximum atomic E-state index is 12.2. The zero-order valence-corrected chi connectivity index (χ0v) is 34.4. The molecule has 1 atom stereocenters. The fraction of sp³-hybridized carbons (Fsp3) is 0.592. The second kappa shape index (κ2) is 44.0. The number of esters is 2. The van der Waals surface area contributed by atoms with Gasteiger partial charge in [0.05, 0.1) is 6.61 Å². The van der Waals surface area contributed by atoms with Gasteiger partial charge in [0, 0.05) is 12.8 Å². The van der Waals surface area contributed by atoms with E-state index in [4.69, 9.17) is 9.47 Å². The van der Waals surface area contributed by atoms with Gasteiger partial charge in [0.25, 0.3) is 0 Å². The van der Waals surface area contributed by atoms with Crippen LogP contribution in [0.15, 0.2) is 109 Å². The Labute approximate surface area is 331 Å². The normalized spacial score (nSPS) is 13.3. The smallest absolute Gasteiger partial charge is 0.306 e. The summed E-state index contributed by atoms with van der Waals surface area (Å²) in [6, 6.07) is 0. The molecule has 0 aliphatic carbocycles. The lowest BCUT2D eigenvalue weighted by molar-refractivity contribution is -0.161. The highest BCUT2D eigenvalue weighted by Crippen LogP contribution is 2.12. The van der Waals surface area contributed by atoms with E-state index in [9.17, 15) is 14.7 Å². The quantitative estimate of drug-likeness (QED) is 0.0389. The molecule has 0 spiro atoms. The largest absolute Gasteiger partial charge is 0.462 e. The molecule has 0 saturated heterocycles. The molecular weight excluding hydrogens is 669 g/mol. The maximum Gasteiger partial charge on any atom is 0.306 e. The number of hydrogen-bond donors (Lipinski definition) is 1. The summed E-state index contributed by atoms with van der Waals surface area (Å²) in [6.07, 6.45) is 62.9. The third-order valence-corrected chi connectivity index (χ3v) is 8.56. The molecular formula is C49H78O5. The highest BCUT2D eigenvalue weighted by Gasteiger charge is 2.16. The maximum absolute atomic E-state index is 12.2. The van der Waals surface area contributed by atoms with Gasteiger partial charge < -0.3 is 14.6 Å². The Hall–Kier alpha value is -3.44. The van der Waals surface area contributed by atoms with Gasteiger partial charge in [0.2, 0.25) is 0 Å². The molecule has 0 heterocycles. The fourth-order valence-corrected chi connectivity index (χ4v) is 5.39. The van der Waals surface area contributed by atoms with Crippen LogP contribution in [-0.2, 0) is 19.1 Å². The van der Waals surface area contributed by atoms with Crippen molar-refractivity contribution in [1.82, 2.24) is 0 Å². The van der Waals surface area contributed by atoms with E-state index in [1.807, 2.05) is 0 Å². The van der Waals surface area contributed by atoms with Gasteiger partial charge in [-0.15, -0.1) is 0 Å². The van der Waals surface area contributed by atoms with Crippen molar-refractivity contribution >= 4 is 11.9 Å². The van der Waals surface area contributed by atoms with Crippen molar-refractivity contribution in [2.75, 3.05) is 13.2 Å². The number of hydrogen-bond acceptors (Lipinski definition) is 5. The molecule has 0 aromatic rings. The molecule has 0 radical (unpaired) electrons. The van der Waals surface area contributed by atoms with Crippen LogP contribution >= 0.6 is 0 Å². The van der Waals surface area contributed by atoms with Gasteiger partial charge in [-0.1, -0.05) is 168 Å². The molecule has 54 heavy (non-hydrogen) atoms. The summed E-state index contributed by atoms with van der Waals surface area (Å²) in [5.41, 5.74) is 0. The van der Waals surface area contributed by atoms with Crippen LogP contribution in [0.2, 0.25) is 0 Å². The summed E-state index contributed by atoms with van der Waals surface area (Å²) >= 11 is 0. The van der Waals surface area contributed by atoms with Crippen molar-refractivity contribution in [3.05, 3.63) is 109 Å². The Morgan fingerprint density at radius 1 is 0.426 bits per heavy atom. The standard InChI is InChI=1S/C49H78O5/c1-3-5-7-9-11-13-15-17-19-20-21-22-23-24-25-26-27-28-30-32-34-36-38-40-42-44-49(52)54-47(45-50)46-53-48(51)43-41-39-37-35-33-31-29-18-16-14-12-10-8-6-4-2/h5-8,11-14,17-19,21-22,24-25,27-29,47,50H,3-4,9-10,15-16,20,23,26,30-46H2,1-2H3/b7-5-,8-6-,13-11-,14-12-,19-17-,22-21-,25-24-,28-27-,29-18-. The molecule has 0 fully saturated rings. The number of unbranched alkanes of at least 4 members (excludes halogenated alkanes) is 11. The number of aliphatic hydroxyl groups is 1. The number of carbonyl (C=O) groups excluding carboxylic acids is 2. The SMILES string of the molecule is CC/C=C\C/C=C\C/C=C\C/C=C\C/C=C\C/C=C\CCCCCCCCC(=O)OC(CO)COC(=O)CCCCCCC/C=C\C/C=C\C/C=C\CC. The number of ether oxygens (including phenoxy) is 2. The summed E-state index contributed by atoms with van der Waals surface area (Å²) in [5, 5.41) is 9.58. The minimum Gasteiger partial charge on any atom is -0.462 e. The van der Waals surface area contributed by atoms with Gasteiger partial charge in [0.15, 0.2) is 6.10 Å². The molecule has 0 aromatic carbocycles. The monoisotopic (exact) mass is 747 g/mol. The lowest BCUT2D eigenvalue weighted by Gasteiger charge is -2.15. The van der Waals surface area contributed by atoms with E-state index in [2.05, 4.69) is 123 Å². The molecule has 5 heteroatoms. The van der Waals surface area contributed by atoms with Crippen LogP contribution in [0.25, 0.3) is 0 Å². The Bertz CT molecular complexity index is 1120. The van der Waals surface area contributed by atoms with Crippen LogP contribution in [0.3, 0.4) is 0 Å². The van der Waals surface area contributed by atoms with Crippen molar-refractivity contribution < 1.29 is 24.2 Å². The molecule has 1 N–H and O–H groups in total. The van der Waals surface area contributed by atoms with Crippen LogP contribution < -0.4 is 0 Å². The highest BCUT2D eigenvalue weighted by molar-refractivity contribution is 5.70. The van der Waals surface area contributed by atoms with Crippen LogP contribution in [0.1, 0.15) is 168 Å². The van der Waals surface area contributed by atoms with Crippen molar-refractivity contribution in [1.29, 1.82) is 0 Å². The first-order valence-corrected chi connectivity index (χ1v) is 21.4. The van der Waals surface area contributed by atoms with E-state index in [1.165, 1.54) is 25.7 Å². The molecule has 0 aliphatic rings. The fourth-order valence-electron chi connectivity index (χ4n) is 5.39. The van der Waals surface area contributed by atoms with Gasteiger partial charge in [0.1, 0.15) is 6.61 Å². The molecule has 1 unspecified atom stereocenters. The van der Waals surface area contributed by atoms with E-state index in [0.717, 1.165) is 116 Å². The van der Waals surface area contributed by atoms with Crippen molar-refractivity contribution in [2.24, 2.45) is 0 Å². The summed E-state index contributed by atoms with van der Waals surface area (Å²) in [7, 11) is 0. The van der Waals surface area contributed by atoms with Crippen LogP contribution in [0.5, 0.6) is 0 Å². The van der Waals surface area contributed by atoms with Gasteiger partial charge in [-0.2, -0.15) is 0 Å². The molecule has 0 bridgehead atoms. The zero-order chi connectivity index (χ0) is 39.3. The van der Waals surface area contributed by atoms with E-state index < -0.39 is 6.10 Å². The third-order valence-electron chi connectivity index (χ3n) is 8.56. The van der Waals surface area contributed by atoms with Crippen molar-refractivity contribution in [3.63, 3.8) is 0 Å². The Balaban J connectivity index is 3.66. The molecule has 0 rings (SSSR count). The molecule has 0 aromatic heterocycles. The van der Waals surface area contributed by atoms with E-state index >= 15 is 0 Å². The van der Waals surface area contributed by atoms with E-state index in [0.29, 0.717) is 12.8 Å². The first kappa shape index (κ1) is 50.6. The lowest BCUT2D eigenvalue weighted by atomic mass is 10.1. The third kappa shape index (κ3) is 41.3. The van der Waals surface area contributed by atoms with E-state index in [1.54, 1.807) is 0 Å².